The average Bonchev–Trinajstić information content (AvgIpc) is 3.47. The highest BCUT2D eigenvalue weighted by atomic mass is 15.4. The highest BCUT2D eigenvalue weighted by Crippen LogP contribution is 2.39. The van der Waals surface area contributed by atoms with Crippen LogP contribution in [-0.2, 0) is 0 Å². The van der Waals surface area contributed by atoms with Crippen LogP contribution in [0.1, 0.15) is 24.5 Å². The number of pyridine rings is 1. The second-order valence-corrected chi connectivity index (χ2v) is 7.35. The first-order valence-corrected chi connectivity index (χ1v) is 9.34. The van der Waals surface area contributed by atoms with Crippen LogP contribution < -0.4 is 9.80 Å². The molecule has 0 N–H and O–H groups in total. The summed E-state index contributed by atoms with van der Waals surface area (Å²) in [6, 6.07) is 9.01. The molecule has 6 heteroatoms. The molecule has 25 heavy (non-hydrogen) atoms. The van der Waals surface area contributed by atoms with Gasteiger partial charge in [-0.05, 0) is 25.0 Å². The fourth-order valence-corrected chi connectivity index (χ4v) is 3.87. The van der Waals surface area contributed by atoms with Gasteiger partial charge in [0.15, 0.2) is 0 Å². The van der Waals surface area contributed by atoms with Crippen LogP contribution in [0.4, 0.5) is 11.6 Å². The van der Waals surface area contributed by atoms with E-state index in [-0.39, 0.29) is 0 Å². The lowest BCUT2D eigenvalue weighted by Gasteiger charge is -2.48. The molecular formula is C19H24N6. The molecule has 3 fully saturated rings. The van der Waals surface area contributed by atoms with Gasteiger partial charge in [0.1, 0.15) is 18.0 Å². The largest absolute Gasteiger partial charge is 0.354 e. The maximum atomic E-state index is 4.48. The summed E-state index contributed by atoms with van der Waals surface area (Å²) in [5.41, 5.74) is 1.23. The Morgan fingerprint density at radius 3 is 2.40 bits per heavy atom. The zero-order valence-electron chi connectivity index (χ0n) is 14.5. The van der Waals surface area contributed by atoms with Crippen molar-refractivity contribution in [2.24, 2.45) is 0 Å². The lowest BCUT2D eigenvalue weighted by molar-refractivity contribution is 0.156. The van der Waals surface area contributed by atoms with Gasteiger partial charge < -0.3 is 9.80 Å². The van der Waals surface area contributed by atoms with E-state index in [4.69, 9.17) is 0 Å². The molecule has 2 saturated heterocycles. The van der Waals surface area contributed by atoms with Crippen LogP contribution in [0.2, 0.25) is 0 Å². The van der Waals surface area contributed by atoms with Gasteiger partial charge in [-0.15, -0.1) is 0 Å². The number of piperazine rings is 1. The molecule has 1 saturated carbocycles. The molecule has 0 aromatic carbocycles. The minimum absolute atomic E-state index is 0.658. The zero-order chi connectivity index (χ0) is 16.6. The maximum Gasteiger partial charge on any atom is 0.132 e. The number of rotatable bonds is 4. The van der Waals surface area contributed by atoms with Crippen molar-refractivity contribution >= 4 is 11.6 Å². The van der Waals surface area contributed by atoms with Crippen molar-refractivity contribution in [3.8, 4) is 0 Å². The van der Waals surface area contributed by atoms with E-state index in [9.17, 15) is 0 Å². The smallest absolute Gasteiger partial charge is 0.132 e. The molecule has 0 bridgehead atoms. The van der Waals surface area contributed by atoms with Crippen LogP contribution in [0.3, 0.4) is 0 Å². The van der Waals surface area contributed by atoms with Gasteiger partial charge in [-0.3, -0.25) is 4.90 Å². The van der Waals surface area contributed by atoms with Crippen molar-refractivity contribution < 1.29 is 0 Å². The van der Waals surface area contributed by atoms with E-state index in [0.717, 1.165) is 50.9 Å². The summed E-state index contributed by atoms with van der Waals surface area (Å²) in [5, 5.41) is 0. The Morgan fingerprint density at radius 2 is 1.68 bits per heavy atom. The van der Waals surface area contributed by atoms with Crippen molar-refractivity contribution in [3.05, 3.63) is 42.5 Å². The van der Waals surface area contributed by atoms with Crippen LogP contribution in [0, 0.1) is 0 Å². The van der Waals surface area contributed by atoms with Gasteiger partial charge in [0.2, 0.25) is 0 Å². The molecule has 2 aromatic rings. The van der Waals surface area contributed by atoms with Crippen LogP contribution in [0.5, 0.6) is 0 Å². The molecule has 0 amide bonds. The van der Waals surface area contributed by atoms with Crippen molar-refractivity contribution in [2.45, 2.75) is 24.8 Å². The Labute approximate surface area is 148 Å². The molecule has 2 aromatic heterocycles. The summed E-state index contributed by atoms with van der Waals surface area (Å²) in [7, 11) is 0. The Bertz CT molecular complexity index is 718. The number of anilines is 2. The summed E-state index contributed by atoms with van der Waals surface area (Å²) in [4.78, 5) is 20.8. The summed E-state index contributed by atoms with van der Waals surface area (Å²) in [6.45, 7) is 6.54. The molecule has 0 atom stereocenters. The average molecular weight is 336 g/mol. The monoisotopic (exact) mass is 336 g/mol. The first kappa shape index (κ1) is 15.1. The second-order valence-electron chi connectivity index (χ2n) is 7.35. The maximum absolute atomic E-state index is 4.48. The number of nitrogens with zero attached hydrogens (tertiary/aromatic N) is 6. The number of aromatic nitrogens is 3. The molecule has 0 spiro atoms. The summed E-state index contributed by atoms with van der Waals surface area (Å²) in [5.74, 6) is 2.91. The Morgan fingerprint density at radius 1 is 0.840 bits per heavy atom. The summed E-state index contributed by atoms with van der Waals surface area (Å²) in [6.07, 6.45) is 6.20. The fourth-order valence-electron chi connectivity index (χ4n) is 3.87. The molecule has 2 aliphatic heterocycles. The number of hydrogen-bond acceptors (Lipinski definition) is 6. The van der Waals surface area contributed by atoms with Gasteiger partial charge in [-0.2, -0.15) is 0 Å². The third kappa shape index (κ3) is 3.06. The van der Waals surface area contributed by atoms with Gasteiger partial charge in [-0.1, -0.05) is 6.07 Å². The van der Waals surface area contributed by atoms with E-state index in [2.05, 4.69) is 47.9 Å². The molecule has 130 valence electrons. The summed E-state index contributed by atoms with van der Waals surface area (Å²) >= 11 is 0. The molecule has 6 nitrogen and oxygen atoms in total. The predicted molar refractivity (Wildman–Crippen MR) is 98.0 cm³/mol. The van der Waals surface area contributed by atoms with Gasteiger partial charge in [-0.25, -0.2) is 15.0 Å². The van der Waals surface area contributed by atoms with E-state index in [1.165, 1.54) is 18.5 Å². The highest BCUT2D eigenvalue weighted by molar-refractivity contribution is 5.44. The van der Waals surface area contributed by atoms with Crippen molar-refractivity contribution in [1.29, 1.82) is 0 Å². The second kappa shape index (κ2) is 6.26. The van der Waals surface area contributed by atoms with E-state index >= 15 is 0 Å². The SMILES string of the molecule is c1ccc(N2CCN(C3CN(c4cc(C5CC5)ncn4)C3)CC2)nc1. The zero-order valence-corrected chi connectivity index (χ0v) is 14.5. The van der Waals surface area contributed by atoms with E-state index in [0.29, 0.717) is 12.0 Å². The third-order valence-corrected chi connectivity index (χ3v) is 5.66. The quantitative estimate of drug-likeness (QED) is 0.848. The van der Waals surface area contributed by atoms with Crippen molar-refractivity contribution in [3.63, 3.8) is 0 Å². The van der Waals surface area contributed by atoms with E-state index < -0.39 is 0 Å². The van der Waals surface area contributed by atoms with Crippen LogP contribution in [0.15, 0.2) is 36.8 Å². The standard InChI is InChI=1S/C19H24N6/c1-2-6-20-18(3-1)24-9-7-23(8-10-24)16-12-25(13-16)19-11-17(15-4-5-15)21-14-22-19/h1-3,6,11,14-16H,4-5,7-10,12-13H2. The molecule has 3 aliphatic rings. The van der Waals surface area contributed by atoms with Crippen LogP contribution >= 0.6 is 0 Å². The van der Waals surface area contributed by atoms with Crippen molar-refractivity contribution in [1.82, 2.24) is 19.9 Å². The Kier molecular flexibility index (Phi) is 3.77. The predicted octanol–water partition coefficient (Wildman–Crippen LogP) is 1.76. The molecule has 1 aliphatic carbocycles. The topological polar surface area (TPSA) is 48.4 Å². The molecule has 0 radical (unpaired) electrons. The normalized spacial score (nSPS) is 22.1. The van der Waals surface area contributed by atoms with E-state index in [1.54, 1.807) is 6.33 Å². The Balaban J connectivity index is 1.15. The van der Waals surface area contributed by atoms with Crippen LogP contribution in [0.25, 0.3) is 0 Å². The van der Waals surface area contributed by atoms with E-state index in [1.807, 2.05) is 12.3 Å². The highest BCUT2D eigenvalue weighted by Gasteiger charge is 2.35. The lowest BCUT2D eigenvalue weighted by atomic mass is 10.1. The first-order valence-electron chi connectivity index (χ1n) is 9.34. The third-order valence-electron chi connectivity index (χ3n) is 5.66. The van der Waals surface area contributed by atoms with Gasteiger partial charge >= 0.3 is 0 Å². The van der Waals surface area contributed by atoms with Gasteiger partial charge in [0.25, 0.3) is 0 Å². The van der Waals surface area contributed by atoms with Crippen molar-refractivity contribution in [2.75, 3.05) is 49.1 Å². The molecule has 5 rings (SSSR count). The Hall–Kier alpha value is -2.21. The van der Waals surface area contributed by atoms with Crippen LogP contribution in [-0.4, -0.2) is 65.2 Å². The van der Waals surface area contributed by atoms with Gasteiger partial charge in [0, 0.05) is 69.2 Å². The van der Waals surface area contributed by atoms with Gasteiger partial charge in [0.05, 0.1) is 0 Å². The summed E-state index contributed by atoms with van der Waals surface area (Å²) < 4.78 is 0. The lowest BCUT2D eigenvalue weighted by Crippen LogP contribution is -2.63. The fraction of sp³-hybridized carbons (Fsp3) is 0.526. The minimum Gasteiger partial charge on any atom is -0.354 e. The molecule has 4 heterocycles. The number of hydrogen-bond donors (Lipinski definition) is 0. The minimum atomic E-state index is 0.658. The first-order chi connectivity index (χ1) is 12.4. The molecule has 0 unspecified atom stereocenters. The molecular weight excluding hydrogens is 312 g/mol.